The summed E-state index contributed by atoms with van der Waals surface area (Å²) in [5.74, 6) is 5.92. The van der Waals surface area contributed by atoms with E-state index in [1.807, 2.05) is 28.9 Å². The van der Waals surface area contributed by atoms with Crippen LogP contribution in [-0.2, 0) is 21.1 Å². The fourth-order valence-corrected chi connectivity index (χ4v) is 3.45. The van der Waals surface area contributed by atoms with E-state index < -0.39 is 4.05 Å². The van der Waals surface area contributed by atoms with Crippen molar-refractivity contribution >= 4 is 62.8 Å². The molecule has 33 heavy (non-hydrogen) atoms. The van der Waals surface area contributed by atoms with Crippen molar-refractivity contribution in [2.24, 2.45) is 10.3 Å². The van der Waals surface area contributed by atoms with Gasteiger partial charge in [0.2, 0.25) is 0 Å². The van der Waals surface area contributed by atoms with E-state index in [9.17, 15) is 9.18 Å². The topological polar surface area (TPSA) is 82.0 Å². The van der Waals surface area contributed by atoms with Crippen LogP contribution in [0, 0.1) is 11.8 Å². The lowest BCUT2D eigenvalue weighted by Gasteiger charge is -2.13. The van der Waals surface area contributed by atoms with E-state index in [0.717, 1.165) is 0 Å². The lowest BCUT2D eigenvalue weighted by Crippen LogP contribution is -2.27. The summed E-state index contributed by atoms with van der Waals surface area (Å²) in [6, 6.07) is 12.1. The van der Waals surface area contributed by atoms with Crippen LogP contribution in [0.15, 0.2) is 52.8 Å². The van der Waals surface area contributed by atoms with E-state index in [-0.39, 0.29) is 29.7 Å². The van der Waals surface area contributed by atoms with Crippen molar-refractivity contribution < 1.29 is 28.3 Å². The highest BCUT2D eigenvalue weighted by atomic mass is 127. The largest absolute Gasteiger partial charge is 0.462 e. The van der Waals surface area contributed by atoms with E-state index in [2.05, 4.69) is 22.2 Å². The van der Waals surface area contributed by atoms with Crippen molar-refractivity contribution in [3.8, 4) is 23.3 Å². The van der Waals surface area contributed by atoms with Crippen molar-refractivity contribution in [1.29, 1.82) is 0 Å². The molecule has 1 aliphatic heterocycles. The molecule has 0 radical (unpaired) electrons. The first kappa shape index (κ1) is 25.0. The summed E-state index contributed by atoms with van der Waals surface area (Å²) in [7, 11) is 2.99. The standard InChI is InChI=1S/C22H18FI2N3O5/c1-14(11-12-15-8-6-10-18-20(15)33-22(23,24)32-18)26-31-13-16-7-4-5-9-17(16)19(27-30-3)21(29)28(2)25/h4-10H,13H2,1-3H3/b26-14+,27-19+. The van der Waals surface area contributed by atoms with Crippen LogP contribution in [0.2, 0.25) is 0 Å². The zero-order valence-electron chi connectivity index (χ0n) is 17.8. The van der Waals surface area contributed by atoms with Gasteiger partial charge in [0.05, 0.1) is 51.0 Å². The second-order valence-corrected chi connectivity index (χ2v) is 9.30. The average Bonchev–Trinajstić information content (AvgIpc) is 3.10. The quantitative estimate of drug-likeness (QED) is 0.112. The number of para-hydroxylation sites is 1. The van der Waals surface area contributed by atoms with E-state index >= 15 is 0 Å². The van der Waals surface area contributed by atoms with Gasteiger partial charge >= 0.3 is 4.05 Å². The SMILES string of the molecule is CO/N=C(/C(=O)N(C)I)c1ccccc1CO/N=C(\C)C#Cc1cccc2c1OC(F)(I)O2. The van der Waals surface area contributed by atoms with E-state index in [4.69, 9.17) is 19.1 Å². The molecule has 11 heteroatoms. The van der Waals surface area contributed by atoms with Crippen LogP contribution in [0.4, 0.5) is 4.39 Å². The summed E-state index contributed by atoms with van der Waals surface area (Å²) in [5, 5.41) is 7.89. The van der Waals surface area contributed by atoms with Gasteiger partial charge in [0, 0.05) is 18.2 Å². The molecule has 8 nitrogen and oxygen atoms in total. The summed E-state index contributed by atoms with van der Waals surface area (Å²) in [6.45, 7) is 1.75. The average molecular weight is 677 g/mol. The summed E-state index contributed by atoms with van der Waals surface area (Å²) in [4.78, 5) is 22.8. The van der Waals surface area contributed by atoms with Crippen molar-refractivity contribution in [1.82, 2.24) is 3.11 Å². The number of likely N-dealkylation sites (N-methyl/N-ethyl adjacent to an activating group) is 1. The summed E-state index contributed by atoms with van der Waals surface area (Å²) < 4.78 is 23.3. The number of carbonyl (C=O) groups is 1. The third-order valence-electron chi connectivity index (χ3n) is 4.17. The number of benzene rings is 2. The Kier molecular flexibility index (Phi) is 8.35. The maximum Gasteiger partial charge on any atom is 0.462 e. The molecule has 2 aromatic rings. The number of ether oxygens (including phenoxy) is 2. The Morgan fingerprint density at radius 1 is 1.21 bits per heavy atom. The van der Waals surface area contributed by atoms with Gasteiger partial charge < -0.3 is 19.1 Å². The molecule has 1 aliphatic rings. The van der Waals surface area contributed by atoms with E-state index in [0.29, 0.717) is 22.4 Å². The molecule has 1 unspecified atom stereocenters. The molecule has 0 N–H and O–H groups in total. The highest BCUT2D eigenvalue weighted by molar-refractivity contribution is 14.1. The minimum Gasteiger partial charge on any atom is -0.415 e. The molecule has 1 heterocycles. The number of halogens is 3. The number of hydrogen-bond acceptors (Lipinski definition) is 7. The minimum atomic E-state index is -2.25. The minimum absolute atomic E-state index is 0.0764. The number of amides is 1. The van der Waals surface area contributed by atoms with Gasteiger partial charge in [-0.3, -0.25) is 7.91 Å². The molecule has 3 rings (SSSR count). The molecule has 0 spiro atoms. The smallest absolute Gasteiger partial charge is 0.415 e. The van der Waals surface area contributed by atoms with Gasteiger partial charge in [-0.1, -0.05) is 46.6 Å². The Balaban J connectivity index is 1.74. The molecule has 172 valence electrons. The molecule has 0 saturated heterocycles. The van der Waals surface area contributed by atoms with E-state index in [1.54, 1.807) is 50.4 Å². The molecule has 2 aromatic carbocycles. The Labute approximate surface area is 217 Å². The van der Waals surface area contributed by atoms with Crippen LogP contribution in [0.25, 0.3) is 0 Å². The molecule has 1 amide bonds. The second-order valence-electron chi connectivity index (χ2n) is 6.56. The third kappa shape index (κ3) is 6.47. The third-order valence-corrected chi connectivity index (χ3v) is 5.04. The first-order valence-electron chi connectivity index (χ1n) is 9.42. The fourth-order valence-electron chi connectivity index (χ4n) is 2.76. The van der Waals surface area contributed by atoms with Gasteiger partial charge in [-0.25, -0.2) is 0 Å². The number of oxime groups is 2. The molecule has 0 fully saturated rings. The number of hydrogen-bond donors (Lipinski definition) is 0. The van der Waals surface area contributed by atoms with Crippen LogP contribution < -0.4 is 9.47 Å². The van der Waals surface area contributed by atoms with Crippen LogP contribution in [0.3, 0.4) is 0 Å². The van der Waals surface area contributed by atoms with Gasteiger partial charge in [-0.15, -0.1) is 4.39 Å². The number of carbonyl (C=O) groups excluding carboxylic acids is 1. The highest BCUT2D eigenvalue weighted by Gasteiger charge is 2.40. The van der Waals surface area contributed by atoms with E-state index in [1.165, 1.54) is 32.8 Å². The van der Waals surface area contributed by atoms with Crippen LogP contribution in [0.1, 0.15) is 23.6 Å². The van der Waals surface area contributed by atoms with Crippen LogP contribution >= 0.6 is 45.5 Å². The number of alkyl halides is 2. The number of fused-ring (bicyclic) bond motifs is 1. The Morgan fingerprint density at radius 3 is 2.70 bits per heavy atom. The summed E-state index contributed by atoms with van der Waals surface area (Å²) >= 11 is 3.29. The van der Waals surface area contributed by atoms with Crippen molar-refractivity contribution in [3.63, 3.8) is 0 Å². The molecular formula is C22H18FI2N3O5. The van der Waals surface area contributed by atoms with Crippen molar-refractivity contribution in [2.45, 2.75) is 17.6 Å². The van der Waals surface area contributed by atoms with Gasteiger partial charge in [0.25, 0.3) is 5.91 Å². The zero-order valence-corrected chi connectivity index (χ0v) is 22.1. The molecule has 1 atom stereocenters. The van der Waals surface area contributed by atoms with Gasteiger partial charge in [0.1, 0.15) is 19.4 Å². The van der Waals surface area contributed by atoms with Gasteiger partial charge in [0.15, 0.2) is 17.2 Å². The van der Waals surface area contributed by atoms with Gasteiger partial charge in [-0.05, 0) is 25.0 Å². The summed E-state index contributed by atoms with van der Waals surface area (Å²) in [6.07, 6.45) is 0. The van der Waals surface area contributed by atoms with Gasteiger partial charge in [-0.2, -0.15) is 0 Å². The fraction of sp³-hybridized carbons (Fsp3) is 0.227. The number of nitrogens with zero attached hydrogens (tertiary/aromatic N) is 3. The lowest BCUT2D eigenvalue weighted by molar-refractivity contribution is -0.117. The van der Waals surface area contributed by atoms with Crippen molar-refractivity contribution in [2.75, 3.05) is 14.2 Å². The molecule has 0 bridgehead atoms. The Bertz CT molecular complexity index is 1170. The van der Waals surface area contributed by atoms with Crippen LogP contribution in [-0.4, -0.2) is 38.6 Å². The Morgan fingerprint density at radius 2 is 1.97 bits per heavy atom. The zero-order chi connectivity index (χ0) is 24.0. The Hall–Kier alpha value is -2.60. The molecule has 0 saturated carbocycles. The molecule has 0 aliphatic carbocycles. The first-order valence-corrected chi connectivity index (χ1v) is 11.5. The molecular weight excluding hydrogens is 659 g/mol. The predicted octanol–water partition coefficient (Wildman–Crippen LogP) is 4.58. The van der Waals surface area contributed by atoms with Crippen molar-refractivity contribution in [3.05, 3.63) is 59.2 Å². The first-order chi connectivity index (χ1) is 15.7. The monoisotopic (exact) mass is 677 g/mol. The maximum absolute atomic E-state index is 14.0. The predicted molar refractivity (Wildman–Crippen MR) is 137 cm³/mol. The van der Waals surface area contributed by atoms with Crippen LogP contribution in [0.5, 0.6) is 11.5 Å². The molecule has 0 aromatic heterocycles. The lowest BCUT2D eigenvalue weighted by atomic mass is 10.0. The highest BCUT2D eigenvalue weighted by Crippen LogP contribution is 2.44. The summed E-state index contributed by atoms with van der Waals surface area (Å²) in [5.41, 5.74) is 2.26. The maximum atomic E-state index is 14.0. The second kappa shape index (κ2) is 11.0. The normalized spacial score (nSPS) is 17.2. The number of rotatable bonds is 6.